The molecular formula is C15H21N3O5. The Labute approximate surface area is 134 Å². The third kappa shape index (κ3) is 7.25. The number of pyridine rings is 1. The van der Waals surface area contributed by atoms with Crippen LogP contribution in [0.2, 0.25) is 0 Å². The summed E-state index contributed by atoms with van der Waals surface area (Å²) in [7, 11) is 1.28. The SMILES string of the molecule is COC(=O)c1ccnc(CNC(=O)CNC(=O)OC(C)(C)C)c1. The lowest BCUT2D eigenvalue weighted by molar-refractivity contribution is -0.120. The molecule has 23 heavy (non-hydrogen) atoms. The Balaban J connectivity index is 2.42. The minimum atomic E-state index is -0.668. The number of amides is 2. The molecule has 0 aromatic carbocycles. The Kier molecular flexibility index (Phi) is 6.49. The first-order valence-corrected chi connectivity index (χ1v) is 6.98. The highest BCUT2D eigenvalue weighted by atomic mass is 16.6. The maximum absolute atomic E-state index is 11.7. The average Bonchev–Trinajstić information content (AvgIpc) is 2.48. The van der Waals surface area contributed by atoms with Crippen LogP contribution in [0, 0.1) is 0 Å². The summed E-state index contributed by atoms with van der Waals surface area (Å²) in [5.74, 6) is -0.882. The largest absolute Gasteiger partial charge is 0.465 e. The van der Waals surface area contributed by atoms with Crippen LogP contribution in [0.3, 0.4) is 0 Å². The topological polar surface area (TPSA) is 107 Å². The molecule has 126 valence electrons. The summed E-state index contributed by atoms with van der Waals surface area (Å²) in [6.45, 7) is 5.09. The maximum atomic E-state index is 11.7. The Morgan fingerprint density at radius 2 is 1.91 bits per heavy atom. The molecular weight excluding hydrogens is 302 g/mol. The lowest BCUT2D eigenvalue weighted by atomic mass is 10.2. The second-order valence-corrected chi connectivity index (χ2v) is 5.66. The van der Waals surface area contributed by atoms with Crippen LogP contribution in [-0.4, -0.2) is 42.2 Å². The van der Waals surface area contributed by atoms with Gasteiger partial charge in [0.05, 0.1) is 24.9 Å². The van der Waals surface area contributed by atoms with E-state index in [1.807, 2.05) is 0 Å². The van der Waals surface area contributed by atoms with Crippen molar-refractivity contribution in [1.29, 1.82) is 0 Å². The molecule has 1 rings (SSSR count). The second-order valence-electron chi connectivity index (χ2n) is 5.66. The van der Waals surface area contributed by atoms with Gasteiger partial charge in [0, 0.05) is 6.20 Å². The molecule has 1 heterocycles. The normalized spacial score (nSPS) is 10.6. The van der Waals surface area contributed by atoms with Gasteiger partial charge >= 0.3 is 12.1 Å². The first kappa shape index (κ1) is 18.4. The van der Waals surface area contributed by atoms with E-state index in [-0.39, 0.29) is 13.1 Å². The number of hydrogen-bond donors (Lipinski definition) is 2. The third-order valence-electron chi connectivity index (χ3n) is 2.50. The average molecular weight is 323 g/mol. The zero-order chi connectivity index (χ0) is 17.5. The minimum absolute atomic E-state index is 0.125. The Morgan fingerprint density at radius 1 is 1.22 bits per heavy atom. The molecule has 0 aliphatic carbocycles. The van der Waals surface area contributed by atoms with E-state index in [1.165, 1.54) is 25.4 Å². The van der Waals surface area contributed by atoms with Gasteiger partial charge in [0.2, 0.25) is 5.91 Å². The summed E-state index contributed by atoms with van der Waals surface area (Å²) in [6, 6.07) is 3.04. The van der Waals surface area contributed by atoms with Crippen LogP contribution >= 0.6 is 0 Å². The van der Waals surface area contributed by atoms with Gasteiger partial charge in [-0.1, -0.05) is 0 Å². The van der Waals surface area contributed by atoms with E-state index in [1.54, 1.807) is 20.8 Å². The molecule has 8 nitrogen and oxygen atoms in total. The molecule has 2 N–H and O–H groups in total. The molecule has 0 atom stereocenters. The van der Waals surface area contributed by atoms with Crippen molar-refractivity contribution in [2.45, 2.75) is 32.9 Å². The number of methoxy groups -OCH3 is 1. The van der Waals surface area contributed by atoms with Crippen LogP contribution in [0.1, 0.15) is 36.8 Å². The Bertz CT molecular complexity index is 581. The number of nitrogens with one attached hydrogen (secondary N) is 2. The molecule has 1 aromatic rings. The van der Waals surface area contributed by atoms with Crippen LogP contribution in [0.5, 0.6) is 0 Å². The van der Waals surface area contributed by atoms with Crippen LogP contribution < -0.4 is 10.6 Å². The Hall–Kier alpha value is -2.64. The summed E-state index contributed by atoms with van der Waals surface area (Å²) in [5.41, 5.74) is 0.218. The molecule has 0 fully saturated rings. The predicted molar refractivity (Wildman–Crippen MR) is 81.7 cm³/mol. The summed E-state index contributed by atoms with van der Waals surface area (Å²) >= 11 is 0. The molecule has 0 spiro atoms. The fourth-order valence-corrected chi connectivity index (χ4v) is 1.54. The first-order valence-electron chi connectivity index (χ1n) is 6.98. The fraction of sp³-hybridized carbons (Fsp3) is 0.467. The van der Waals surface area contributed by atoms with Gasteiger partial charge in [-0.15, -0.1) is 0 Å². The zero-order valence-electron chi connectivity index (χ0n) is 13.6. The van der Waals surface area contributed by atoms with E-state index in [9.17, 15) is 14.4 Å². The van der Waals surface area contributed by atoms with Gasteiger partial charge in [0.1, 0.15) is 12.1 Å². The molecule has 0 bridgehead atoms. The monoisotopic (exact) mass is 323 g/mol. The molecule has 0 unspecified atom stereocenters. The lowest BCUT2D eigenvalue weighted by Crippen LogP contribution is -2.39. The van der Waals surface area contributed by atoms with Gasteiger partial charge in [-0.3, -0.25) is 9.78 Å². The van der Waals surface area contributed by atoms with E-state index in [2.05, 4.69) is 20.4 Å². The van der Waals surface area contributed by atoms with E-state index >= 15 is 0 Å². The van der Waals surface area contributed by atoms with Crippen LogP contribution in [0.25, 0.3) is 0 Å². The van der Waals surface area contributed by atoms with Crippen LogP contribution in [-0.2, 0) is 20.8 Å². The highest BCUT2D eigenvalue weighted by molar-refractivity contribution is 5.89. The number of aromatic nitrogens is 1. The van der Waals surface area contributed by atoms with Crippen molar-refractivity contribution in [1.82, 2.24) is 15.6 Å². The van der Waals surface area contributed by atoms with Crippen molar-refractivity contribution in [2.24, 2.45) is 0 Å². The summed E-state index contributed by atoms with van der Waals surface area (Å²) in [6.07, 6.45) is 0.783. The quantitative estimate of drug-likeness (QED) is 0.783. The molecule has 0 saturated carbocycles. The smallest absolute Gasteiger partial charge is 0.408 e. The number of carbonyl (C=O) groups excluding carboxylic acids is 3. The minimum Gasteiger partial charge on any atom is -0.465 e. The summed E-state index contributed by atoms with van der Waals surface area (Å²) < 4.78 is 9.62. The van der Waals surface area contributed by atoms with Gasteiger partial charge in [-0.05, 0) is 32.9 Å². The number of rotatable bonds is 5. The van der Waals surface area contributed by atoms with E-state index < -0.39 is 23.6 Å². The standard InChI is InChI=1S/C15H21N3O5/c1-15(2,3)23-14(21)18-9-12(19)17-8-11-7-10(5-6-16-11)13(20)22-4/h5-7H,8-9H2,1-4H3,(H,17,19)(H,18,21). The van der Waals surface area contributed by atoms with Crippen molar-refractivity contribution < 1.29 is 23.9 Å². The van der Waals surface area contributed by atoms with Gasteiger partial charge in [0.25, 0.3) is 0 Å². The van der Waals surface area contributed by atoms with Crippen molar-refractivity contribution in [3.05, 3.63) is 29.6 Å². The van der Waals surface area contributed by atoms with Crippen LogP contribution in [0.4, 0.5) is 4.79 Å². The number of esters is 1. The van der Waals surface area contributed by atoms with Crippen molar-refractivity contribution in [2.75, 3.05) is 13.7 Å². The number of hydrogen-bond acceptors (Lipinski definition) is 6. The maximum Gasteiger partial charge on any atom is 0.408 e. The summed E-state index contributed by atoms with van der Waals surface area (Å²) in [5, 5.41) is 4.92. The molecule has 0 radical (unpaired) electrons. The number of ether oxygens (including phenoxy) is 2. The second kappa shape index (κ2) is 8.11. The molecule has 0 saturated heterocycles. The van der Waals surface area contributed by atoms with Gasteiger partial charge in [-0.25, -0.2) is 9.59 Å². The van der Waals surface area contributed by atoms with Crippen molar-refractivity contribution >= 4 is 18.0 Å². The van der Waals surface area contributed by atoms with Crippen molar-refractivity contribution in [3.8, 4) is 0 Å². The highest BCUT2D eigenvalue weighted by Gasteiger charge is 2.16. The van der Waals surface area contributed by atoms with E-state index in [4.69, 9.17) is 4.74 Å². The third-order valence-corrected chi connectivity index (χ3v) is 2.50. The molecule has 1 aromatic heterocycles. The van der Waals surface area contributed by atoms with Gasteiger partial charge in [0.15, 0.2) is 0 Å². The predicted octanol–water partition coefficient (Wildman–Crippen LogP) is 1.01. The highest BCUT2D eigenvalue weighted by Crippen LogP contribution is 2.06. The summed E-state index contributed by atoms with van der Waals surface area (Å²) in [4.78, 5) is 38.5. The molecule has 8 heteroatoms. The number of alkyl carbamates (subject to hydrolysis) is 1. The zero-order valence-corrected chi connectivity index (χ0v) is 13.6. The molecule has 0 aliphatic rings. The first-order chi connectivity index (χ1) is 10.7. The van der Waals surface area contributed by atoms with E-state index in [0.717, 1.165) is 0 Å². The van der Waals surface area contributed by atoms with Crippen LogP contribution in [0.15, 0.2) is 18.3 Å². The number of nitrogens with zero attached hydrogens (tertiary/aromatic N) is 1. The van der Waals surface area contributed by atoms with Gasteiger partial charge in [-0.2, -0.15) is 0 Å². The van der Waals surface area contributed by atoms with E-state index in [0.29, 0.717) is 11.3 Å². The van der Waals surface area contributed by atoms with Crippen molar-refractivity contribution in [3.63, 3.8) is 0 Å². The molecule has 2 amide bonds. The lowest BCUT2D eigenvalue weighted by Gasteiger charge is -2.19. The Morgan fingerprint density at radius 3 is 2.52 bits per heavy atom. The van der Waals surface area contributed by atoms with Gasteiger partial charge < -0.3 is 20.1 Å². The molecule has 0 aliphatic heterocycles. The number of carbonyl (C=O) groups is 3. The fourth-order valence-electron chi connectivity index (χ4n) is 1.54.